The third-order valence-corrected chi connectivity index (χ3v) is 6.48. The summed E-state index contributed by atoms with van der Waals surface area (Å²) in [5.41, 5.74) is 2.94. The average molecular weight is 450 g/mol. The van der Waals surface area contributed by atoms with Crippen molar-refractivity contribution in [2.75, 3.05) is 31.1 Å². The second-order valence-electron chi connectivity index (χ2n) is 8.95. The molecular weight excluding hydrogens is 418 g/mol. The summed E-state index contributed by atoms with van der Waals surface area (Å²) in [6, 6.07) is 3.85. The van der Waals surface area contributed by atoms with Crippen LogP contribution in [0.15, 0.2) is 35.1 Å². The van der Waals surface area contributed by atoms with Crippen LogP contribution in [0, 0.1) is 0 Å². The van der Waals surface area contributed by atoms with Crippen molar-refractivity contribution in [3.8, 4) is 11.3 Å². The van der Waals surface area contributed by atoms with Crippen LogP contribution in [0.4, 0.5) is 5.95 Å². The first-order chi connectivity index (χ1) is 16.1. The zero-order chi connectivity index (χ0) is 22.8. The van der Waals surface area contributed by atoms with Crippen molar-refractivity contribution in [1.29, 1.82) is 0 Å². The van der Waals surface area contributed by atoms with Crippen LogP contribution in [0.3, 0.4) is 0 Å². The van der Waals surface area contributed by atoms with E-state index in [-0.39, 0.29) is 11.9 Å². The number of nitrogens with one attached hydrogen (secondary N) is 1. The highest BCUT2D eigenvalue weighted by atomic mass is 16.4. The van der Waals surface area contributed by atoms with Crippen molar-refractivity contribution in [3.05, 3.63) is 47.8 Å². The highest BCUT2D eigenvalue weighted by Gasteiger charge is 2.28. The molecule has 0 saturated carbocycles. The summed E-state index contributed by atoms with van der Waals surface area (Å²) in [5, 5.41) is 7.37. The number of nitrogens with zero attached hydrogens (tertiary/aromatic N) is 6. The first-order valence-corrected chi connectivity index (χ1v) is 11.8. The number of hydrogen-bond acceptors (Lipinski definition) is 7. The van der Waals surface area contributed by atoms with Gasteiger partial charge in [0, 0.05) is 62.7 Å². The van der Waals surface area contributed by atoms with E-state index in [0.717, 1.165) is 61.6 Å². The molecule has 33 heavy (non-hydrogen) atoms. The molecule has 2 aliphatic heterocycles. The minimum atomic E-state index is -0.144. The largest absolute Gasteiger partial charge is 0.456 e. The Kier molecular flexibility index (Phi) is 6.13. The average Bonchev–Trinajstić information content (AvgIpc) is 3.62. The van der Waals surface area contributed by atoms with Crippen molar-refractivity contribution in [2.24, 2.45) is 7.05 Å². The maximum absolute atomic E-state index is 12.9. The number of aromatic nitrogens is 4. The Balaban J connectivity index is 1.22. The number of amides is 1. The van der Waals surface area contributed by atoms with Crippen molar-refractivity contribution in [2.45, 2.75) is 45.2 Å². The molecule has 1 N–H and O–H groups in total. The first-order valence-electron chi connectivity index (χ1n) is 11.8. The lowest BCUT2D eigenvalue weighted by Gasteiger charge is -2.17. The van der Waals surface area contributed by atoms with Crippen LogP contribution in [-0.4, -0.2) is 62.8 Å². The van der Waals surface area contributed by atoms with Crippen LogP contribution in [-0.2, 0) is 20.0 Å². The van der Waals surface area contributed by atoms with Gasteiger partial charge in [0.25, 0.3) is 5.91 Å². The fraction of sp³-hybridized carbons (Fsp3) is 0.500. The molecule has 0 aromatic carbocycles. The Morgan fingerprint density at radius 1 is 1.27 bits per heavy atom. The summed E-state index contributed by atoms with van der Waals surface area (Å²) >= 11 is 0. The molecular formula is C24H31N7O2. The number of likely N-dealkylation sites (tertiary alicyclic amines) is 1. The third-order valence-electron chi connectivity index (χ3n) is 6.48. The zero-order valence-electron chi connectivity index (χ0n) is 19.3. The van der Waals surface area contributed by atoms with Gasteiger partial charge in [0.05, 0.1) is 11.9 Å². The minimum absolute atomic E-state index is 0.0281. The molecule has 3 aromatic heterocycles. The van der Waals surface area contributed by atoms with Crippen LogP contribution in [0.5, 0.6) is 0 Å². The van der Waals surface area contributed by atoms with Crippen molar-refractivity contribution < 1.29 is 9.21 Å². The Hall–Kier alpha value is -3.20. The van der Waals surface area contributed by atoms with E-state index in [1.54, 1.807) is 17.1 Å². The molecule has 174 valence electrons. The van der Waals surface area contributed by atoms with Crippen LogP contribution in [0.2, 0.25) is 0 Å². The molecule has 2 saturated heterocycles. The third kappa shape index (κ3) is 4.78. The molecule has 2 fully saturated rings. The van der Waals surface area contributed by atoms with Gasteiger partial charge >= 0.3 is 0 Å². The van der Waals surface area contributed by atoms with Crippen LogP contribution in [0.25, 0.3) is 11.3 Å². The van der Waals surface area contributed by atoms with E-state index >= 15 is 0 Å². The summed E-state index contributed by atoms with van der Waals surface area (Å²) in [6.45, 7) is 6.64. The molecule has 0 bridgehead atoms. The van der Waals surface area contributed by atoms with Crippen molar-refractivity contribution >= 4 is 11.9 Å². The lowest BCUT2D eigenvalue weighted by Crippen LogP contribution is -2.37. The minimum Gasteiger partial charge on any atom is -0.456 e. The molecule has 3 aromatic rings. The molecule has 2 aliphatic rings. The summed E-state index contributed by atoms with van der Waals surface area (Å²) in [4.78, 5) is 26.6. The van der Waals surface area contributed by atoms with E-state index in [1.165, 1.54) is 12.8 Å². The fourth-order valence-electron chi connectivity index (χ4n) is 4.72. The molecule has 0 aliphatic carbocycles. The summed E-state index contributed by atoms with van der Waals surface area (Å²) < 4.78 is 7.70. The standard InChI is InChI=1S/C24H31N7O2/c1-3-21-17(15-30-9-4-5-10-30)12-22(33-21)23(32)27-19-7-11-31(16-19)24-25-8-6-20(28-24)18-13-26-29(2)14-18/h6,8,12-14,19H,3-5,7,9-11,15-16H2,1-2H3,(H,27,32). The van der Waals surface area contributed by atoms with E-state index in [9.17, 15) is 4.79 Å². The highest BCUT2D eigenvalue weighted by Crippen LogP contribution is 2.23. The normalized spacial score (nSPS) is 18.8. The molecule has 9 heteroatoms. The predicted molar refractivity (Wildman–Crippen MR) is 125 cm³/mol. The number of carbonyl (C=O) groups excluding carboxylic acids is 1. The maximum atomic E-state index is 12.9. The van der Waals surface area contributed by atoms with Crippen LogP contribution >= 0.6 is 0 Å². The van der Waals surface area contributed by atoms with E-state index in [0.29, 0.717) is 18.3 Å². The van der Waals surface area contributed by atoms with Gasteiger partial charge in [0.15, 0.2) is 5.76 Å². The van der Waals surface area contributed by atoms with Gasteiger partial charge in [-0.1, -0.05) is 6.92 Å². The molecule has 5 heterocycles. The van der Waals surface area contributed by atoms with Crippen molar-refractivity contribution in [1.82, 2.24) is 30.0 Å². The van der Waals surface area contributed by atoms with Gasteiger partial charge in [-0.2, -0.15) is 5.10 Å². The van der Waals surface area contributed by atoms with Crippen LogP contribution in [0.1, 0.15) is 48.1 Å². The monoisotopic (exact) mass is 449 g/mol. The number of anilines is 1. The topological polar surface area (TPSA) is 92.3 Å². The second-order valence-corrected chi connectivity index (χ2v) is 8.95. The summed E-state index contributed by atoms with van der Waals surface area (Å²) in [7, 11) is 1.89. The molecule has 5 rings (SSSR count). The van der Waals surface area contributed by atoms with E-state index in [4.69, 9.17) is 9.40 Å². The van der Waals surface area contributed by atoms with Gasteiger partial charge in [-0.25, -0.2) is 9.97 Å². The Bertz CT molecular complexity index is 1120. The SMILES string of the molecule is CCc1oc(C(=O)NC2CCN(c3nccc(-c4cnn(C)c4)n3)C2)cc1CN1CCCC1. The van der Waals surface area contributed by atoms with Crippen LogP contribution < -0.4 is 10.2 Å². The molecule has 1 amide bonds. The number of rotatable bonds is 7. The molecule has 0 spiro atoms. The Morgan fingerprint density at radius 2 is 2.12 bits per heavy atom. The van der Waals surface area contributed by atoms with Crippen molar-refractivity contribution in [3.63, 3.8) is 0 Å². The van der Waals surface area contributed by atoms with Gasteiger partial charge in [-0.05, 0) is 44.5 Å². The lowest BCUT2D eigenvalue weighted by molar-refractivity contribution is 0.0910. The second kappa shape index (κ2) is 9.35. The number of carbonyl (C=O) groups is 1. The number of furan rings is 1. The molecule has 0 radical (unpaired) electrons. The molecule has 9 nitrogen and oxygen atoms in total. The number of aryl methyl sites for hydroxylation is 2. The Labute approximate surface area is 193 Å². The first kappa shape index (κ1) is 21.6. The van der Waals surface area contributed by atoms with Gasteiger partial charge in [0.2, 0.25) is 5.95 Å². The Morgan fingerprint density at radius 3 is 2.88 bits per heavy atom. The maximum Gasteiger partial charge on any atom is 0.287 e. The quantitative estimate of drug-likeness (QED) is 0.593. The van der Waals surface area contributed by atoms with Gasteiger partial charge in [-0.15, -0.1) is 0 Å². The van der Waals surface area contributed by atoms with E-state index in [2.05, 4.69) is 32.1 Å². The fourth-order valence-corrected chi connectivity index (χ4v) is 4.72. The van der Waals surface area contributed by atoms with E-state index in [1.807, 2.05) is 25.4 Å². The zero-order valence-corrected chi connectivity index (χ0v) is 19.3. The predicted octanol–water partition coefficient (Wildman–Crippen LogP) is 2.64. The smallest absolute Gasteiger partial charge is 0.287 e. The molecule has 1 unspecified atom stereocenters. The van der Waals surface area contributed by atoms with Gasteiger partial charge in [0.1, 0.15) is 5.76 Å². The summed E-state index contributed by atoms with van der Waals surface area (Å²) in [5.74, 6) is 1.86. The lowest BCUT2D eigenvalue weighted by atomic mass is 10.2. The highest BCUT2D eigenvalue weighted by molar-refractivity contribution is 5.92. The summed E-state index contributed by atoms with van der Waals surface area (Å²) in [6.07, 6.45) is 9.63. The van der Waals surface area contributed by atoms with E-state index < -0.39 is 0 Å². The van der Waals surface area contributed by atoms with Gasteiger partial charge < -0.3 is 14.6 Å². The molecule has 1 atom stereocenters. The van der Waals surface area contributed by atoms with Gasteiger partial charge in [-0.3, -0.25) is 14.4 Å². The number of hydrogen-bond donors (Lipinski definition) is 1.